The number of nitrogens with one attached hydrogen (secondary N) is 2. The normalized spacial score (nSPS) is 10.9. The Morgan fingerprint density at radius 3 is 2.64 bits per heavy atom. The van der Waals surface area contributed by atoms with Gasteiger partial charge in [-0.15, -0.1) is 0 Å². The minimum absolute atomic E-state index is 0.336. The highest BCUT2D eigenvalue weighted by atomic mass is 35.5. The van der Waals surface area contributed by atoms with Crippen molar-refractivity contribution >= 4 is 29.0 Å². The fraction of sp³-hybridized carbons (Fsp3) is 0.111. The Labute approximate surface area is 213 Å². The summed E-state index contributed by atoms with van der Waals surface area (Å²) >= 11 is 6.12. The van der Waals surface area contributed by atoms with E-state index < -0.39 is 0 Å². The molecule has 2 amide bonds. The summed E-state index contributed by atoms with van der Waals surface area (Å²) in [7, 11) is 0. The SMILES string of the molecule is Cc1cccc(-c2noc(-c3cn(Cc4ccc(NC(=O)Nc5cccc(Cl)c5C)cc4)cn3)n2)c1. The molecule has 0 radical (unpaired) electrons. The molecule has 0 aliphatic rings. The molecule has 180 valence electrons. The maximum atomic E-state index is 12.4. The summed E-state index contributed by atoms with van der Waals surface area (Å²) in [4.78, 5) is 21.3. The number of hydrogen-bond donors (Lipinski definition) is 2. The first kappa shape index (κ1) is 23.3. The molecule has 8 nitrogen and oxygen atoms in total. The molecule has 5 aromatic rings. The van der Waals surface area contributed by atoms with Crippen LogP contribution in [0.2, 0.25) is 5.02 Å². The van der Waals surface area contributed by atoms with Gasteiger partial charge in [-0.1, -0.05) is 58.7 Å². The lowest BCUT2D eigenvalue weighted by atomic mass is 10.1. The van der Waals surface area contributed by atoms with Gasteiger partial charge in [0.25, 0.3) is 5.89 Å². The molecule has 3 aromatic carbocycles. The Balaban J connectivity index is 1.20. The molecule has 2 heterocycles. The number of imidazole rings is 1. The number of urea groups is 1. The fourth-order valence-electron chi connectivity index (χ4n) is 3.72. The van der Waals surface area contributed by atoms with Crippen LogP contribution in [0.3, 0.4) is 0 Å². The second-order valence-corrected chi connectivity index (χ2v) is 8.82. The molecule has 0 aliphatic carbocycles. The van der Waals surface area contributed by atoms with Crippen LogP contribution in [0.1, 0.15) is 16.7 Å². The van der Waals surface area contributed by atoms with Gasteiger partial charge >= 0.3 is 6.03 Å². The van der Waals surface area contributed by atoms with Crippen molar-refractivity contribution < 1.29 is 9.32 Å². The molecule has 0 fully saturated rings. The third-order valence-corrected chi connectivity index (χ3v) is 6.06. The van der Waals surface area contributed by atoms with Crippen LogP contribution >= 0.6 is 11.6 Å². The summed E-state index contributed by atoms with van der Waals surface area (Å²) in [5, 5.41) is 10.3. The molecule has 0 saturated heterocycles. The van der Waals surface area contributed by atoms with Gasteiger partial charge in [-0.25, -0.2) is 9.78 Å². The van der Waals surface area contributed by atoms with Crippen molar-refractivity contribution in [2.75, 3.05) is 10.6 Å². The maximum absolute atomic E-state index is 12.4. The van der Waals surface area contributed by atoms with Gasteiger partial charge in [0.2, 0.25) is 5.82 Å². The summed E-state index contributed by atoms with van der Waals surface area (Å²) in [5.41, 5.74) is 5.83. The number of rotatable bonds is 6. The summed E-state index contributed by atoms with van der Waals surface area (Å²) in [5.74, 6) is 0.895. The molecule has 36 heavy (non-hydrogen) atoms. The molecule has 2 N–H and O–H groups in total. The first-order valence-corrected chi connectivity index (χ1v) is 11.7. The molecule has 0 aliphatic heterocycles. The predicted octanol–water partition coefficient (Wildman–Crippen LogP) is 6.56. The molecule has 0 saturated carbocycles. The third kappa shape index (κ3) is 5.29. The second kappa shape index (κ2) is 10.1. The van der Waals surface area contributed by atoms with E-state index in [0.29, 0.717) is 40.4 Å². The van der Waals surface area contributed by atoms with E-state index in [1.807, 2.05) is 73.1 Å². The lowest BCUT2D eigenvalue weighted by Crippen LogP contribution is -2.20. The van der Waals surface area contributed by atoms with Crippen molar-refractivity contribution in [3.8, 4) is 23.0 Å². The minimum atomic E-state index is -0.336. The van der Waals surface area contributed by atoms with E-state index in [-0.39, 0.29) is 6.03 Å². The van der Waals surface area contributed by atoms with Crippen LogP contribution in [0.5, 0.6) is 0 Å². The summed E-state index contributed by atoms with van der Waals surface area (Å²) in [6.45, 7) is 4.47. The van der Waals surface area contributed by atoms with Crippen LogP contribution in [0.25, 0.3) is 23.0 Å². The van der Waals surface area contributed by atoms with Gasteiger partial charge in [-0.3, -0.25) is 0 Å². The number of hydrogen-bond acceptors (Lipinski definition) is 5. The highest BCUT2D eigenvalue weighted by Gasteiger charge is 2.13. The molecule has 9 heteroatoms. The summed E-state index contributed by atoms with van der Waals surface area (Å²) < 4.78 is 7.36. The molecule has 0 bridgehead atoms. The highest BCUT2D eigenvalue weighted by Crippen LogP contribution is 2.24. The van der Waals surface area contributed by atoms with Gasteiger partial charge in [0.05, 0.1) is 6.33 Å². The van der Waals surface area contributed by atoms with Gasteiger partial charge < -0.3 is 19.7 Å². The zero-order valence-electron chi connectivity index (χ0n) is 19.7. The van der Waals surface area contributed by atoms with Crippen LogP contribution in [0.15, 0.2) is 83.8 Å². The van der Waals surface area contributed by atoms with Crippen LogP contribution < -0.4 is 10.6 Å². The van der Waals surface area contributed by atoms with Gasteiger partial charge in [-0.05, 0) is 55.3 Å². The number of carbonyl (C=O) groups is 1. The zero-order valence-corrected chi connectivity index (χ0v) is 20.5. The number of benzene rings is 3. The van der Waals surface area contributed by atoms with Crippen molar-refractivity contribution in [3.63, 3.8) is 0 Å². The highest BCUT2D eigenvalue weighted by molar-refractivity contribution is 6.31. The Morgan fingerprint density at radius 2 is 1.83 bits per heavy atom. The molecule has 0 spiro atoms. The van der Waals surface area contributed by atoms with Crippen LogP contribution in [-0.2, 0) is 6.54 Å². The Kier molecular flexibility index (Phi) is 6.51. The molecule has 0 atom stereocenters. The monoisotopic (exact) mass is 498 g/mol. The quantitative estimate of drug-likeness (QED) is 0.276. The average molecular weight is 499 g/mol. The van der Waals surface area contributed by atoms with E-state index in [0.717, 1.165) is 22.3 Å². The molecular weight excluding hydrogens is 476 g/mol. The maximum Gasteiger partial charge on any atom is 0.323 e. The van der Waals surface area contributed by atoms with Gasteiger partial charge in [0.15, 0.2) is 0 Å². The van der Waals surface area contributed by atoms with Gasteiger partial charge in [0, 0.05) is 34.7 Å². The lowest BCUT2D eigenvalue weighted by molar-refractivity contribution is 0.262. The molecule has 2 aromatic heterocycles. The number of nitrogens with zero attached hydrogens (tertiary/aromatic N) is 4. The standard InChI is InChI=1S/C27H23ClN6O2/c1-17-5-3-6-20(13-17)25-32-26(36-33-25)24-15-34(16-29-24)14-19-9-11-21(12-10-19)30-27(35)31-23-8-4-7-22(28)18(23)2/h3-13,15-16H,14H2,1-2H3,(H2,30,31,35). The first-order chi connectivity index (χ1) is 17.4. The fourth-order valence-corrected chi connectivity index (χ4v) is 3.89. The van der Waals surface area contributed by atoms with E-state index in [4.69, 9.17) is 16.1 Å². The Morgan fingerprint density at radius 1 is 1.03 bits per heavy atom. The van der Waals surface area contributed by atoms with E-state index in [1.54, 1.807) is 24.5 Å². The molecule has 0 unspecified atom stereocenters. The molecule has 5 rings (SSSR count). The Hall–Kier alpha value is -4.43. The lowest BCUT2D eigenvalue weighted by Gasteiger charge is -2.11. The molecular formula is C27H23ClN6O2. The number of aryl methyl sites for hydroxylation is 1. The van der Waals surface area contributed by atoms with Crippen molar-refractivity contribution in [2.24, 2.45) is 0 Å². The largest absolute Gasteiger partial charge is 0.332 e. The zero-order chi connectivity index (χ0) is 25.1. The van der Waals surface area contributed by atoms with Gasteiger partial charge in [0.1, 0.15) is 5.69 Å². The van der Waals surface area contributed by atoms with Crippen molar-refractivity contribution in [2.45, 2.75) is 20.4 Å². The minimum Gasteiger partial charge on any atom is -0.332 e. The van der Waals surface area contributed by atoms with Crippen molar-refractivity contribution in [1.82, 2.24) is 19.7 Å². The van der Waals surface area contributed by atoms with Crippen LogP contribution in [0.4, 0.5) is 16.2 Å². The van der Waals surface area contributed by atoms with E-state index in [1.165, 1.54) is 0 Å². The van der Waals surface area contributed by atoms with E-state index in [2.05, 4.69) is 25.8 Å². The van der Waals surface area contributed by atoms with Gasteiger partial charge in [-0.2, -0.15) is 4.98 Å². The number of amides is 2. The number of anilines is 2. The average Bonchev–Trinajstić information content (AvgIpc) is 3.53. The topological polar surface area (TPSA) is 97.9 Å². The number of carbonyl (C=O) groups excluding carboxylic acids is 1. The number of aromatic nitrogens is 4. The number of halogens is 1. The van der Waals surface area contributed by atoms with Crippen LogP contribution in [0, 0.1) is 13.8 Å². The summed E-state index contributed by atoms with van der Waals surface area (Å²) in [6.07, 6.45) is 3.58. The predicted molar refractivity (Wildman–Crippen MR) is 140 cm³/mol. The van der Waals surface area contributed by atoms with Crippen LogP contribution in [-0.4, -0.2) is 25.7 Å². The smallest absolute Gasteiger partial charge is 0.323 e. The van der Waals surface area contributed by atoms with Crippen molar-refractivity contribution in [3.05, 3.63) is 101 Å². The second-order valence-electron chi connectivity index (χ2n) is 8.41. The summed E-state index contributed by atoms with van der Waals surface area (Å²) in [6, 6.07) is 20.6. The van der Waals surface area contributed by atoms with Crippen molar-refractivity contribution in [1.29, 1.82) is 0 Å². The van der Waals surface area contributed by atoms with E-state index >= 15 is 0 Å². The first-order valence-electron chi connectivity index (χ1n) is 11.3. The third-order valence-electron chi connectivity index (χ3n) is 5.65. The van der Waals surface area contributed by atoms with E-state index in [9.17, 15) is 4.79 Å². The Bertz CT molecular complexity index is 1520.